The fourth-order valence-electron chi connectivity index (χ4n) is 4.59. The van der Waals surface area contributed by atoms with Crippen molar-refractivity contribution in [2.24, 2.45) is 26.7 Å². The van der Waals surface area contributed by atoms with E-state index in [0.29, 0.717) is 35.2 Å². The number of fused-ring (bicyclic) bond motifs is 2. The summed E-state index contributed by atoms with van der Waals surface area (Å²) in [5.41, 5.74) is 16.3. The van der Waals surface area contributed by atoms with E-state index in [-0.39, 0.29) is 11.7 Å². The molecule has 0 saturated heterocycles. The summed E-state index contributed by atoms with van der Waals surface area (Å²) in [5, 5.41) is 7.71. The SMILES string of the molecule is NC1=NC=NC2C1C(c1ccnc(N)c1)=NN2Cc1cc2ccccc2nc1-c1ccccc1F. The molecule has 2 aromatic carbocycles. The molecule has 0 fully saturated rings. The molecule has 0 bridgehead atoms. The lowest BCUT2D eigenvalue weighted by atomic mass is 9.93. The molecule has 2 unspecified atom stereocenters. The van der Waals surface area contributed by atoms with Crippen LogP contribution in [0.15, 0.2) is 88.0 Å². The zero-order chi connectivity index (χ0) is 23.9. The predicted molar refractivity (Wildman–Crippen MR) is 135 cm³/mol. The second-order valence-corrected chi connectivity index (χ2v) is 8.43. The molecular weight excluding hydrogens is 443 g/mol. The molecule has 2 aliphatic heterocycles. The number of rotatable bonds is 4. The Morgan fingerprint density at radius 3 is 2.66 bits per heavy atom. The van der Waals surface area contributed by atoms with Crippen LogP contribution in [-0.2, 0) is 6.54 Å². The van der Waals surface area contributed by atoms with Crippen LogP contribution in [0.4, 0.5) is 10.2 Å². The van der Waals surface area contributed by atoms with Crippen molar-refractivity contribution in [1.29, 1.82) is 0 Å². The molecule has 2 atom stereocenters. The van der Waals surface area contributed by atoms with Crippen molar-refractivity contribution in [3.63, 3.8) is 0 Å². The van der Waals surface area contributed by atoms with Crippen molar-refractivity contribution in [3.8, 4) is 11.3 Å². The van der Waals surface area contributed by atoms with Gasteiger partial charge in [0.05, 0.1) is 23.5 Å². The Hall–Kier alpha value is -4.66. The first kappa shape index (κ1) is 20.9. The Kier molecular flexibility index (Phi) is 4.95. The minimum Gasteiger partial charge on any atom is -0.386 e. The number of halogens is 1. The molecule has 8 nitrogen and oxygen atoms in total. The van der Waals surface area contributed by atoms with Crippen molar-refractivity contribution in [1.82, 2.24) is 15.0 Å². The topological polar surface area (TPSA) is 118 Å². The molecule has 35 heavy (non-hydrogen) atoms. The second-order valence-electron chi connectivity index (χ2n) is 8.43. The molecule has 6 rings (SSSR count). The van der Waals surface area contributed by atoms with Crippen molar-refractivity contribution >= 4 is 34.6 Å². The van der Waals surface area contributed by atoms with Gasteiger partial charge in [0.15, 0.2) is 6.17 Å². The number of hydrogen-bond donors (Lipinski definition) is 2. The Labute approximate surface area is 200 Å². The summed E-state index contributed by atoms with van der Waals surface area (Å²) in [5.74, 6) is 0.134. The van der Waals surface area contributed by atoms with Gasteiger partial charge < -0.3 is 11.5 Å². The average molecular weight is 465 g/mol. The fraction of sp³-hybridized carbons (Fsp3) is 0.115. The van der Waals surface area contributed by atoms with Gasteiger partial charge in [-0.05, 0) is 36.4 Å². The lowest BCUT2D eigenvalue weighted by molar-refractivity contribution is 0.214. The largest absolute Gasteiger partial charge is 0.386 e. The number of aromatic nitrogens is 2. The molecule has 4 N–H and O–H groups in total. The van der Waals surface area contributed by atoms with Crippen LogP contribution in [0.3, 0.4) is 0 Å². The first-order valence-electron chi connectivity index (χ1n) is 11.1. The molecular formula is C26H21FN8. The van der Waals surface area contributed by atoms with Crippen LogP contribution >= 0.6 is 0 Å². The zero-order valence-electron chi connectivity index (χ0n) is 18.6. The van der Waals surface area contributed by atoms with E-state index in [4.69, 9.17) is 21.6 Å². The summed E-state index contributed by atoms with van der Waals surface area (Å²) in [6.45, 7) is 0.345. The van der Waals surface area contributed by atoms with Gasteiger partial charge in [-0.25, -0.2) is 24.3 Å². The summed E-state index contributed by atoms with van der Waals surface area (Å²) >= 11 is 0. The van der Waals surface area contributed by atoms with Crippen LogP contribution in [-0.4, -0.2) is 39.0 Å². The van der Waals surface area contributed by atoms with Crippen LogP contribution in [0.25, 0.3) is 22.2 Å². The molecule has 0 amide bonds. The van der Waals surface area contributed by atoms with E-state index in [1.807, 2.05) is 41.4 Å². The maximum Gasteiger partial charge on any atom is 0.154 e. The highest BCUT2D eigenvalue weighted by Gasteiger charge is 2.42. The standard InChI is InChI=1S/C26H21FN8/c27-19-7-3-2-6-18(19)23-17(11-15-5-1-4-8-20(15)33-23)13-35-26-22(25(29)31-14-32-26)24(34-35)16-9-10-30-21(28)12-16/h1-12,14,22,26H,13H2,(H2,28,30)(H2,29,31,32). The number of anilines is 1. The lowest BCUT2D eigenvalue weighted by Gasteiger charge is -2.26. The van der Waals surface area contributed by atoms with E-state index in [9.17, 15) is 4.39 Å². The third-order valence-corrected chi connectivity index (χ3v) is 6.22. The molecule has 0 saturated carbocycles. The summed E-state index contributed by atoms with van der Waals surface area (Å²) in [6.07, 6.45) is 2.70. The monoisotopic (exact) mass is 464 g/mol. The van der Waals surface area contributed by atoms with E-state index >= 15 is 0 Å². The van der Waals surface area contributed by atoms with Gasteiger partial charge >= 0.3 is 0 Å². The normalized spacial score (nSPS) is 18.9. The predicted octanol–water partition coefficient (Wildman–Crippen LogP) is 3.58. The third kappa shape index (κ3) is 3.67. The molecule has 172 valence electrons. The minimum absolute atomic E-state index is 0.334. The molecule has 0 aliphatic carbocycles. The Balaban J connectivity index is 1.48. The van der Waals surface area contributed by atoms with Gasteiger partial charge in [-0.2, -0.15) is 5.10 Å². The number of nitrogen functional groups attached to an aromatic ring is 1. The first-order valence-corrected chi connectivity index (χ1v) is 11.1. The van der Waals surface area contributed by atoms with Gasteiger partial charge in [-0.3, -0.25) is 5.01 Å². The highest BCUT2D eigenvalue weighted by molar-refractivity contribution is 6.17. The molecule has 2 aromatic heterocycles. The third-order valence-electron chi connectivity index (χ3n) is 6.22. The van der Waals surface area contributed by atoms with Crippen LogP contribution in [0.5, 0.6) is 0 Å². The van der Waals surface area contributed by atoms with Gasteiger partial charge in [0.1, 0.15) is 29.7 Å². The number of amidine groups is 1. The van der Waals surface area contributed by atoms with E-state index in [2.05, 4.69) is 15.0 Å². The van der Waals surface area contributed by atoms with Gasteiger partial charge in [-0.1, -0.05) is 30.3 Å². The number of para-hydroxylation sites is 1. The number of benzene rings is 2. The maximum atomic E-state index is 14.9. The van der Waals surface area contributed by atoms with Gasteiger partial charge in [-0.15, -0.1) is 0 Å². The lowest BCUT2D eigenvalue weighted by Crippen LogP contribution is -2.42. The van der Waals surface area contributed by atoms with E-state index in [0.717, 1.165) is 22.0 Å². The molecule has 0 spiro atoms. The molecule has 4 aromatic rings. The summed E-state index contributed by atoms with van der Waals surface area (Å²) < 4.78 is 14.9. The number of nitrogens with zero attached hydrogens (tertiary/aromatic N) is 6. The fourth-order valence-corrected chi connectivity index (χ4v) is 4.59. The molecule has 9 heteroatoms. The Morgan fingerprint density at radius 1 is 0.971 bits per heavy atom. The highest BCUT2D eigenvalue weighted by Crippen LogP contribution is 2.34. The summed E-state index contributed by atoms with van der Waals surface area (Å²) in [7, 11) is 0. The van der Waals surface area contributed by atoms with Crippen molar-refractivity contribution in [2.45, 2.75) is 12.7 Å². The Bertz CT molecular complexity index is 1540. The second kappa shape index (κ2) is 8.28. The van der Waals surface area contributed by atoms with E-state index in [1.165, 1.54) is 12.4 Å². The van der Waals surface area contributed by atoms with E-state index < -0.39 is 6.17 Å². The number of pyridine rings is 2. The maximum absolute atomic E-state index is 14.9. The molecule has 4 heterocycles. The summed E-state index contributed by atoms with van der Waals surface area (Å²) in [4.78, 5) is 17.7. The Morgan fingerprint density at radius 2 is 1.80 bits per heavy atom. The molecule has 2 aliphatic rings. The summed E-state index contributed by atoms with van der Waals surface area (Å²) in [6, 6.07) is 20.0. The smallest absolute Gasteiger partial charge is 0.154 e. The van der Waals surface area contributed by atoms with Crippen LogP contribution < -0.4 is 11.5 Å². The number of aliphatic imine (C=N–C) groups is 2. The highest BCUT2D eigenvalue weighted by atomic mass is 19.1. The van der Waals surface area contributed by atoms with E-state index in [1.54, 1.807) is 30.5 Å². The van der Waals surface area contributed by atoms with Crippen LogP contribution in [0.1, 0.15) is 11.1 Å². The van der Waals surface area contributed by atoms with Crippen LogP contribution in [0.2, 0.25) is 0 Å². The van der Waals surface area contributed by atoms with Crippen molar-refractivity contribution in [2.75, 3.05) is 5.73 Å². The van der Waals surface area contributed by atoms with Gasteiger partial charge in [0.25, 0.3) is 0 Å². The quantitative estimate of drug-likeness (QED) is 0.479. The number of hydrazone groups is 1. The van der Waals surface area contributed by atoms with Gasteiger partial charge in [0.2, 0.25) is 0 Å². The number of nitrogens with two attached hydrogens (primary N) is 2. The number of hydrogen-bond acceptors (Lipinski definition) is 8. The first-order chi connectivity index (χ1) is 17.1. The van der Waals surface area contributed by atoms with Crippen molar-refractivity contribution in [3.05, 3.63) is 89.9 Å². The molecule has 0 radical (unpaired) electrons. The van der Waals surface area contributed by atoms with Crippen LogP contribution in [0, 0.1) is 11.7 Å². The minimum atomic E-state index is -0.392. The average Bonchev–Trinajstić information content (AvgIpc) is 3.24. The zero-order valence-corrected chi connectivity index (χ0v) is 18.6. The van der Waals surface area contributed by atoms with Crippen molar-refractivity contribution < 1.29 is 4.39 Å². The van der Waals surface area contributed by atoms with Gasteiger partial charge in [0, 0.05) is 28.3 Å².